The summed E-state index contributed by atoms with van der Waals surface area (Å²) in [6, 6.07) is 4.23. The van der Waals surface area contributed by atoms with E-state index in [0.717, 1.165) is 17.9 Å². The molecular formula is C16H14Br4. The molecule has 0 saturated heterocycles. The Kier molecular flexibility index (Phi) is 5.21. The lowest BCUT2D eigenvalue weighted by Gasteiger charge is -2.20. The van der Waals surface area contributed by atoms with Crippen LogP contribution < -0.4 is 0 Å². The molecule has 0 bridgehead atoms. The van der Waals surface area contributed by atoms with E-state index in [-0.39, 0.29) is 0 Å². The molecule has 0 aromatic heterocycles. The fraction of sp³-hybridized carbons (Fsp3) is 0.250. The summed E-state index contributed by atoms with van der Waals surface area (Å²) in [5.41, 5.74) is 7.65. The van der Waals surface area contributed by atoms with Crippen molar-refractivity contribution in [1.29, 1.82) is 0 Å². The molecule has 0 N–H and O–H groups in total. The molecule has 0 radical (unpaired) electrons. The largest absolute Gasteiger partial charge is 0.0505 e. The lowest BCUT2D eigenvalue weighted by molar-refractivity contribution is 1.27. The zero-order chi connectivity index (χ0) is 15.2. The monoisotopic (exact) mass is 522 g/mol. The normalized spacial score (nSPS) is 11.0. The first kappa shape index (κ1) is 16.7. The third-order valence-electron chi connectivity index (χ3n) is 3.69. The molecule has 0 saturated carbocycles. The first-order valence-electron chi connectivity index (χ1n) is 6.16. The zero-order valence-corrected chi connectivity index (χ0v) is 18.0. The van der Waals surface area contributed by atoms with E-state index in [9.17, 15) is 0 Å². The molecule has 0 spiro atoms. The van der Waals surface area contributed by atoms with E-state index in [4.69, 9.17) is 0 Å². The van der Waals surface area contributed by atoms with Crippen LogP contribution >= 0.6 is 63.7 Å². The van der Waals surface area contributed by atoms with Gasteiger partial charge in [0.15, 0.2) is 0 Å². The van der Waals surface area contributed by atoms with E-state index in [1.54, 1.807) is 0 Å². The molecule has 0 aliphatic heterocycles. The van der Waals surface area contributed by atoms with Gasteiger partial charge in [-0.05, 0) is 73.2 Å². The van der Waals surface area contributed by atoms with Gasteiger partial charge in [-0.3, -0.25) is 0 Å². The van der Waals surface area contributed by atoms with E-state index in [1.807, 2.05) is 0 Å². The van der Waals surface area contributed by atoms with Gasteiger partial charge in [0.05, 0.1) is 0 Å². The van der Waals surface area contributed by atoms with Crippen molar-refractivity contribution >= 4 is 63.7 Å². The van der Waals surface area contributed by atoms with Crippen LogP contribution in [0.15, 0.2) is 30.0 Å². The molecule has 0 atom stereocenters. The second-order valence-corrected chi connectivity index (χ2v) is 8.35. The van der Waals surface area contributed by atoms with Gasteiger partial charge in [0, 0.05) is 17.9 Å². The van der Waals surface area contributed by atoms with Gasteiger partial charge in [-0.1, -0.05) is 63.7 Å². The van der Waals surface area contributed by atoms with E-state index < -0.39 is 0 Å². The van der Waals surface area contributed by atoms with Gasteiger partial charge in [-0.25, -0.2) is 0 Å². The fourth-order valence-electron chi connectivity index (χ4n) is 2.45. The molecule has 0 aliphatic carbocycles. The minimum atomic E-state index is 1.12. The molecule has 2 aromatic rings. The van der Waals surface area contributed by atoms with Crippen LogP contribution in [0.3, 0.4) is 0 Å². The lowest BCUT2D eigenvalue weighted by atomic mass is 9.89. The van der Waals surface area contributed by atoms with Crippen molar-refractivity contribution in [2.45, 2.75) is 27.7 Å². The Bertz CT molecular complexity index is 589. The maximum absolute atomic E-state index is 3.66. The number of hydrogen-bond acceptors (Lipinski definition) is 0. The van der Waals surface area contributed by atoms with Gasteiger partial charge >= 0.3 is 0 Å². The number of hydrogen-bond donors (Lipinski definition) is 0. The van der Waals surface area contributed by atoms with Crippen LogP contribution in [-0.2, 0) is 0 Å². The summed E-state index contributed by atoms with van der Waals surface area (Å²) in [6.07, 6.45) is 0. The topological polar surface area (TPSA) is 0 Å². The molecule has 0 fully saturated rings. The Morgan fingerprint density at radius 2 is 0.700 bits per heavy atom. The van der Waals surface area contributed by atoms with Gasteiger partial charge in [-0.2, -0.15) is 0 Å². The molecule has 20 heavy (non-hydrogen) atoms. The fourth-order valence-corrected chi connectivity index (χ4v) is 4.77. The third-order valence-corrected chi connectivity index (χ3v) is 6.98. The van der Waals surface area contributed by atoms with Crippen LogP contribution in [0, 0.1) is 27.7 Å². The Labute approximate surface area is 153 Å². The minimum Gasteiger partial charge on any atom is -0.0505 e. The van der Waals surface area contributed by atoms with Crippen molar-refractivity contribution in [3.63, 3.8) is 0 Å². The summed E-state index contributed by atoms with van der Waals surface area (Å²) in [5.74, 6) is 0. The van der Waals surface area contributed by atoms with Crippen molar-refractivity contribution < 1.29 is 0 Å². The molecule has 2 rings (SSSR count). The SMILES string of the molecule is Cc1c(Br)cc(Br)c(C)c1-c1c(C)c(Br)cc(Br)c1C. The highest BCUT2D eigenvalue weighted by Gasteiger charge is 2.18. The Morgan fingerprint density at radius 1 is 0.500 bits per heavy atom. The van der Waals surface area contributed by atoms with Gasteiger partial charge < -0.3 is 0 Å². The van der Waals surface area contributed by atoms with Crippen molar-refractivity contribution in [3.05, 3.63) is 52.3 Å². The Balaban J connectivity index is 2.96. The van der Waals surface area contributed by atoms with Crippen molar-refractivity contribution in [2.24, 2.45) is 0 Å². The standard InChI is InChI=1S/C16H14Br4/c1-7-11(17)5-12(18)8(2)15(7)16-9(3)13(19)6-14(20)10(16)4/h5-6H,1-4H3. The summed E-state index contributed by atoms with van der Waals surface area (Å²) in [6.45, 7) is 8.64. The maximum atomic E-state index is 3.66. The predicted octanol–water partition coefficient (Wildman–Crippen LogP) is 7.64. The molecule has 0 amide bonds. The van der Waals surface area contributed by atoms with E-state index in [2.05, 4.69) is 104 Å². The molecule has 0 heterocycles. The van der Waals surface area contributed by atoms with Crippen molar-refractivity contribution in [1.82, 2.24) is 0 Å². The van der Waals surface area contributed by atoms with Crippen LogP contribution in [0.5, 0.6) is 0 Å². The van der Waals surface area contributed by atoms with Crippen LogP contribution in [-0.4, -0.2) is 0 Å². The summed E-state index contributed by atoms with van der Waals surface area (Å²) in [4.78, 5) is 0. The van der Waals surface area contributed by atoms with Gasteiger partial charge in [0.2, 0.25) is 0 Å². The molecule has 0 nitrogen and oxygen atoms in total. The second-order valence-electron chi connectivity index (χ2n) is 4.93. The Hall–Kier alpha value is 0.360. The van der Waals surface area contributed by atoms with Gasteiger partial charge in [-0.15, -0.1) is 0 Å². The molecule has 2 aromatic carbocycles. The van der Waals surface area contributed by atoms with Gasteiger partial charge in [0.1, 0.15) is 0 Å². The summed E-state index contributed by atoms with van der Waals surface area (Å²) < 4.78 is 4.50. The average molecular weight is 526 g/mol. The summed E-state index contributed by atoms with van der Waals surface area (Å²) >= 11 is 14.6. The van der Waals surface area contributed by atoms with Crippen molar-refractivity contribution in [2.75, 3.05) is 0 Å². The first-order valence-corrected chi connectivity index (χ1v) is 9.33. The highest BCUT2D eigenvalue weighted by molar-refractivity contribution is 9.11. The maximum Gasteiger partial charge on any atom is 0.0222 e. The highest BCUT2D eigenvalue weighted by atomic mass is 79.9. The quantitative estimate of drug-likeness (QED) is 0.359. The molecule has 0 aliphatic rings. The minimum absolute atomic E-state index is 1.12. The lowest BCUT2D eigenvalue weighted by Crippen LogP contribution is -1.97. The Morgan fingerprint density at radius 3 is 0.900 bits per heavy atom. The van der Waals surface area contributed by atoms with Crippen molar-refractivity contribution in [3.8, 4) is 11.1 Å². The number of benzene rings is 2. The number of rotatable bonds is 1. The second kappa shape index (κ2) is 6.23. The molecular weight excluding hydrogens is 512 g/mol. The zero-order valence-electron chi connectivity index (χ0n) is 11.7. The van der Waals surface area contributed by atoms with E-state index in [0.29, 0.717) is 0 Å². The summed E-state index contributed by atoms with van der Waals surface area (Å²) in [7, 11) is 0. The number of halogens is 4. The van der Waals surface area contributed by atoms with Crippen LogP contribution in [0.25, 0.3) is 11.1 Å². The van der Waals surface area contributed by atoms with Gasteiger partial charge in [0.25, 0.3) is 0 Å². The molecule has 4 heteroatoms. The summed E-state index contributed by atoms with van der Waals surface area (Å²) in [5, 5.41) is 0. The molecule has 106 valence electrons. The third kappa shape index (κ3) is 2.81. The van der Waals surface area contributed by atoms with E-state index in [1.165, 1.54) is 33.4 Å². The first-order chi connectivity index (χ1) is 9.25. The smallest absolute Gasteiger partial charge is 0.0222 e. The molecule has 0 unspecified atom stereocenters. The average Bonchev–Trinajstić information content (AvgIpc) is 2.38. The highest BCUT2D eigenvalue weighted by Crippen LogP contribution is 2.43. The predicted molar refractivity (Wildman–Crippen MR) is 102 cm³/mol. The van der Waals surface area contributed by atoms with Crippen LogP contribution in [0.4, 0.5) is 0 Å². The van der Waals surface area contributed by atoms with E-state index >= 15 is 0 Å². The van der Waals surface area contributed by atoms with Crippen LogP contribution in [0.1, 0.15) is 22.3 Å². The van der Waals surface area contributed by atoms with Crippen LogP contribution in [0.2, 0.25) is 0 Å².